The molecule has 0 radical (unpaired) electrons. The zero-order valence-electron chi connectivity index (χ0n) is 11.6. The van der Waals surface area contributed by atoms with Crippen molar-refractivity contribution in [3.8, 4) is 0 Å². The van der Waals surface area contributed by atoms with Crippen LogP contribution >= 0.6 is 31.9 Å². The molecule has 126 valence electrons. The molecule has 1 heterocycles. The highest BCUT2D eigenvalue weighted by atomic mass is 79.9. The number of nitro groups is 2. The van der Waals surface area contributed by atoms with Crippen LogP contribution in [-0.4, -0.2) is 19.8 Å². The molecule has 0 amide bonds. The van der Waals surface area contributed by atoms with Crippen LogP contribution < -0.4 is 11.2 Å². The highest BCUT2D eigenvalue weighted by molar-refractivity contribution is 9.12. The zero-order valence-corrected chi connectivity index (χ0v) is 14.7. The van der Waals surface area contributed by atoms with Crippen LogP contribution in [0.5, 0.6) is 0 Å². The van der Waals surface area contributed by atoms with Gasteiger partial charge < -0.3 is 4.98 Å². The summed E-state index contributed by atoms with van der Waals surface area (Å²) in [6.45, 7) is 0. The lowest BCUT2D eigenvalue weighted by atomic mass is 10.1. The van der Waals surface area contributed by atoms with E-state index in [-0.39, 0.29) is 11.4 Å². The van der Waals surface area contributed by atoms with Crippen molar-refractivity contribution in [2.75, 3.05) is 0 Å². The van der Waals surface area contributed by atoms with Gasteiger partial charge in [0.2, 0.25) is 0 Å². The third-order valence-electron chi connectivity index (χ3n) is 3.06. The highest BCUT2D eigenvalue weighted by Crippen LogP contribution is 2.43. The van der Waals surface area contributed by atoms with Crippen molar-refractivity contribution in [2.45, 2.75) is 9.65 Å². The monoisotopic (exact) mass is 462 g/mol. The van der Waals surface area contributed by atoms with E-state index in [1.54, 1.807) is 11.1 Å². The molecule has 0 unspecified atom stereocenters. The lowest BCUT2D eigenvalue weighted by Gasteiger charge is -2.16. The van der Waals surface area contributed by atoms with Crippen molar-refractivity contribution in [3.63, 3.8) is 0 Å². The Labute approximate surface area is 149 Å². The smallest absolute Gasteiger partial charge is 0.304 e. The van der Waals surface area contributed by atoms with Crippen molar-refractivity contribution in [2.24, 2.45) is 0 Å². The average molecular weight is 464 g/mol. The van der Waals surface area contributed by atoms with Gasteiger partial charge in [-0.2, -0.15) is 0 Å². The molecule has 2 atom stereocenters. The van der Waals surface area contributed by atoms with Crippen LogP contribution in [-0.2, 0) is 0 Å². The number of H-pyrrole nitrogens is 2. The summed E-state index contributed by atoms with van der Waals surface area (Å²) in [5.41, 5.74) is -2.83. The summed E-state index contributed by atoms with van der Waals surface area (Å²) in [4.78, 5) is 46.0. The van der Waals surface area contributed by atoms with Crippen molar-refractivity contribution in [1.29, 1.82) is 0 Å². The van der Waals surface area contributed by atoms with E-state index in [1.165, 1.54) is 18.2 Å². The Morgan fingerprint density at radius 3 is 2.25 bits per heavy atom. The van der Waals surface area contributed by atoms with Crippen LogP contribution in [0.25, 0.3) is 0 Å². The largest absolute Gasteiger partial charge is 0.354 e. The first kappa shape index (κ1) is 18.0. The molecule has 0 fully saturated rings. The Balaban J connectivity index is 2.52. The average Bonchev–Trinajstić information content (AvgIpc) is 2.52. The number of hydrogen-bond acceptors (Lipinski definition) is 6. The number of rotatable bonds is 5. The second-order valence-corrected chi connectivity index (χ2v) is 6.56. The summed E-state index contributed by atoms with van der Waals surface area (Å²) >= 11 is 6.47. The first-order valence-electron chi connectivity index (χ1n) is 6.25. The fourth-order valence-corrected chi connectivity index (χ4v) is 3.19. The van der Waals surface area contributed by atoms with Crippen LogP contribution in [0.3, 0.4) is 0 Å². The van der Waals surface area contributed by atoms with Gasteiger partial charge in [0.1, 0.15) is 5.69 Å². The maximum atomic E-state index is 11.7. The van der Waals surface area contributed by atoms with E-state index in [0.717, 1.165) is 0 Å². The molecule has 10 nitrogen and oxygen atoms in total. The molecule has 2 rings (SSSR count). The van der Waals surface area contributed by atoms with Gasteiger partial charge in [-0.05, 0) is 5.56 Å². The number of benzene rings is 1. The summed E-state index contributed by atoms with van der Waals surface area (Å²) in [6.07, 6.45) is 0. The Hall–Kier alpha value is -2.34. The summed E-state index contributed by atoms with van der Waals surface area (Å²) < 4.78 is 0. The molecule has 2 aromatic rings. The Morgan fingerprint density at radius 1 is 1.00 bits per heavy atom. The van der Waals surface area contributed by atoms with Gasteiger partial charge in [-0.3, -0.25) is 30.0 Å². The molecule has 24 heavy (non-hydrogen) atoms. The summed E-state index contributed by atoms with van der Waals surface area (Å²) in [5.74, 6) is 0. The first-order chi connectivity index (χ1) is 11.2. The molecule has 0 aliphatic carbocycles. The van der Waals surface area contributed by atoms with E-state index in [9.17, 15) is 29.8 Å². The maximum Gasteiger partial charge on any atom is 0.354 e. The lowest BCUT2D eigenvalue weighted by molar-refractivity contribution is -0.387. The fraction of sp³-hybridized carbons (Fsp3) is 0.167. The van der Waals surface area contributed by atoms with Crippen LogP contribution in [0, 0.1) is 20.2 Å². The SMILES string of the molecule is O=c1[nH]c([C@@H](Br)[C@H](Br)c2cccc([N+](=O)[O-])c2)c([N+](=O)[O-])c(=O)[nH]1. The minimum absolute atomic E-state index is 0.162. The summed E-state index contributed by atoms with van der Waals surface area (Å²) in [7, 11) is 0. The zero-order chi connectivity index (χ0) is 18.0. The molecular weight excluding hydrogens is 456 g/mol. The number of alkyl halides is 2. The molecule has 1 aromatic heterocycles. The summed E-state index contributed by atoms with van der Waals surface area (Å²) in [5, 5.41) is 21.9. The Kier molecular flexibility index (Phi) is 5.29. The lowest BCUT2D eigenvalue weighted by Crippen LogP contribution is -2.27. The van der Waals surface area contributed by atoms with E-state index in [2.05, 4.69) is 36.8 Å². The van der Waals surface area contributed by atoms with Crippen LogP contribution in [0.15, 0.2) is 33.9 Å². The number of aromatic nitrogens is 2. The fourth-order valence-electron chi connectivity index (χ4n) is 2.00. The standard InChI is InChI=1S/C12H8Br2N4O6/c13-7(5-2-1-3-6(4-5)17(21)22)8(14)9-10(18(23)24)11(19)16-12(20)15-9/h1-4,7-8H,(H2,15,16,19,20)/t7-,8+/m1/s1. The quantitative estimate of drug-likeness (QED) is 0.394. The van der Waals surface area contributed by atoms with Gasteiger partial charge in [0.25, 0.3) is 5.69 Å². The topological polar surface area (TPSA) is 152 Å². The second kappa shape index (κ2) is 7.05. The van der Waals surface area contributed by atoms with Gasteiger partial charge in [-0.25, -0.2) is 4.79 Å². The third kappa shape index (κ3) is 3.59. The molecule has 1 aromatic carbocycles. The number of hydrogen-bond donors (Lipinski definition) is 2. The first-order valence-corrected chi connectivity index (χ1v) is 8.09. The molecular formula is C12H8Br2N4O6. The number of non-ortho nitro benzene ring substituents is 1. The summed E-state index contributed by atoms with van der Waals surface area (Å²) in [6, 6.07) is 5.60. The normalized spacial score (nSPS) is 13.2. The van der Waals surface area contributed by atoms with Crippen LogP contribution in [0.4, 0.5) is 11.4 Å². The number of nitro benzene ring substituents is 1. The van der Waals surface area contributed by atoms with Crippen LogP contribution in [0.2, 0.25) is 0 Å². The van der Waals surface area contributed by atoms with E-state index < -0.39 is 36.4 Å². The number of aromatic amines is 2. The van der Waals surface area contributed by atoms with Crippen LogP contribution in [0.1, 0.15) is 20.9 Å². The van der Waals surface area contributed by atoms with Gasteiger partial charge >= 0.3 is 16.9 Å². The Morgan fingerprint density at radius 2 is 1.67 bits per heavy atom. The molecule has 0 saturated heterocycles. The molecule has 12 heteroatoms. The minimum atomic E-state index is -1.14. The van der Waals surface area contributed by atoms with Crippen molar-refractivity contribution >= 4 is 43.2 Å². The Bertz CT molecular complexity index is 924. The van der Waals surface area contributed by atoms with E-state index >= 15 is 0 Å². The maximum absolute atomic E-state index is 11.7. The van der Waals surface area contributed by atoms with Gasteiger partial charge in [0.05, 0.1) is 19.5 Å². The van der Waals surface area contributed by atoms with E-state index in [1.807, 2.05) is 0 Å². The predicted molar refractivity (Wildman–Crippen MR) is 90.8 cm³/mol. The number of nitrogens with zero attached hydrogens (tertiary/aromatic N) is 2. The van der Waals surface area contributed by atoms with Crippen molar-refractivity contribution in [1.82, 2.24) is 9.97 Å². The highest BCUT2D eigenvalue weighted by Gasteiger charge is 2.31. The molecule has 0 spiro atoms. The second-order valence-electron chi connectivity index (χ2n) is 4.58. The molecule has 0 saturated carbocycles. The van der Waals surface area contributed by atoms with E-state index in [0.29, 0.717) is 5.56 Å². The molecule has 0 aliphatic rings. The van der Waals surface area contributed by atoms with E-state index in [4.69, 9.17) is 0 Å². The van der Waals surface area contributed by atoms with Gasteiger partial charge in [-0.15, -0.1) is 0 Å². The van der Waals surface area contributed by atoms with Gasteiger partial charge in [0.15, 0.2) is 0 Å². The van der Waals surface area contributed by atoms with Crippen molar-refractivity contribution < 1.29 is 9.85 Å². The third-order valence-corrected chi connectivity index (χ3v) is 5.81. The minimum Gasteiger partial charge on any atom is -0.304 e. The van der Waals surface area contributed by atoms with Gasteiger partial charge in [0, 0.05) is 12.1 Å². The molecule has 0 aliphatic heterocycles. The molecule has 2 N–H and O–H groups in total. The number of halogens is 2. The molecule has 0 bridgehead atoms. The van der Waals surface area contributed by atoms with Crippen molar-refractivity contribution in [3.05, 3.63) is 76.6 Å². The predicted octanol–water partition coefficient (Wildman–Crippen LogP) is 2.45. The number of nitrogens with one attached hydrogen (secondary N) is 2. The van der Waals surface area contributed by atoms with Gasteiger partial charge in [-0.1, -0.05) is 44.0 Å².